The Morgan fingerprint density at radius 3 is 2.57 bits per heavy atom. The molecule has 2 N–H and O–H groups in total. The van der Waals surface area contributed by atoms with Crippen molar-refractivity contribution >= 4 is 23.8 Å². The van der Waals surface area contributed by atoms with Crippen molar-refractivity contribution < 1.29 is 4.79 Å². The van der Waals surface area contributed by atoms with Gasteiger partial charge in [0.15, 0.2) is 10.6 Å². The summed E-state index contributed by atoms with van der Waals surface area (Å²) in [6.07, 6.45) is 0. The number of benzene rings is 2. The lowest BCUT2D eigenvalue weighted by Gasteiger charge is -2.08. The molecule has 0 saturated heterocycles. The van der Waals surface area contributed by atoms with E-state index in [-0.39, 0.29) is 12.5 Å². The summed E-state index contributed by atoms with van der Waals surface area (Å²) in [5.41, 5.74) is 2.83. The van der Waals surface area contributed by atoms with Crippen molar-refractivity contribution in [2.24, 2.45) is 0 Å². The maximum atomic E-state index is 12.2. The van der Waals surface area contributed by atoms with Crippen molar-refractivity contribution in [3.8, 4) is 11.4 Å². The fraction of sp³-hybridized carbons (Fsp3) is 0.118. The van der Waals surface area contributed by atoms with Crippen LogP contribution < -0.4 is 5.32 Å². The lowest BCUT2D eigenvalue weighted by Crippen LogP contribution is -2.19. The largest absolute Gasteiger partial charge is 0.325 e. The van der Waals surface area contributed by atoms with Gasteiger partial charge in [0.05, 0.1) is 0 Å². The van der Waals surface area contributed by atoms with Crippen LogP contribution in [-0.4, -0.2) is 20.7 Å². The Bertz CT molecular complexity index is 866. The van der Waals surface area contributed by atoms with Crippen molar-refractivity contribution in [3.63, 3.8) is 0 Å². The number of aromatic amines is 1. The highest BCUT2D eigenvalue weighted by atomic mass is 32.1. The summed E-state index contributed by atoms with van der Waals surface area (Å²) in [6, 6.07) is 17.3. The number of nitrogens with zero attached hydrogens (tertiary/aromatic N) is 2. The zero-order chi connectivity index (χ0) is 16.2. The molecule has 23 heavy (non-hydrogen) atoms. The molecule has 1 aromatic heterocycles. The molecule has 116 valence electrons. The first-order chi connectivity index (χ1) is 11.1. The van der Waals surface area contributed by atoms with Crippen LogP contribution in [0.2, 0.25) is 0 Å². The van der Waals surface area contributed by atoms with Crippen LogP contribution in [0.5, 0.6) is 0 Å². The summed E-state index contributed by atoms with van der Waals surface area (Å²) in [6.45, 7) is 2.13. The van der Waals surface area contributed by atoms with Crippen molar-refractivity contribution in [1.82, 2.24) is 14.8 Å². The van der Waals surface area contributed by atoms with Gasteiger partial charge in [0, 0.05) is 11.3 Å². The SMILES string of the molecule is Cc1ccc(-c2n[nH]c(=S)n2CC(=O)Nc2ccccc2)cc1. The number of aromatic nitrogens is 3. The van der Waals surface area contributed by atoms with Gasteiger partial charge in [0.2, 0.25) is 5.91 Å². The number of para-hydroxylation sites is 1. The number of H-pyrrole nitrogens is 1. The molecule has 0 atom stereocenters. The highest BCUT2D eigenvalue weighted by molar-refractivity contribution is 7.71. The van der Waals surface area contributed by atoms with Gasteiger partial charge in [0.25, 0.3) is 0 Å². The summed E-state index contributed by atoms with van der Waals surface area (Å²) >= 11 is 5.25. The maximum absolute atomic E-state index is 12.2. The summed E-state index contributed by atoms with van der Waals surface area (Å²) in [5.74, 6) is 0.500. The Balaban J connectivity index is 1.83. The molecule has 3 rings (SSSR count). The maximum Gasteiger partial charge on any atom is 0.244 e. The topological polar surface area (TPSA) is 62.7 Å². The van der Waals surface area contributed by atoms with Crippen LogP contribution in [0.15, 0.2) is 54.6 Å². The Kier molecular flexibility index (Phi) is 4.34. The Morgan fingerprint density at radius 1 is 1.17 bits per heavy atom. The van der Waals surface area contributed by atoms with Gasteiger partial charge in [-0.1, -0.05) is 48.0 Å². The van der Waals surface area contributed by atoms with Gasteiger partial charge in [-0.15, -0.1) is 0 Å². The fourth-order valence-electron chi connectivity index (χ4n) is 2.25. The molecule has 0 unspecified atom stereocenters. The summed E-state index contributed by atoms with van der Waals surface area (Å²) < 4.78 is 2.11. The van der Waals surface area contributed by atoms with Crippen LogP contribution in [0.1, 0.15) is 5.56 Å². The van der Waals surface area contributed by atoms with Gasteiger partial charge in [0.1, 0.15) is 6.54 Å². The molecule has 6 heteroatoms. The van der Waals surface area contributed by atoms with Crippen LogP contribution in [-0.2, 0) is 11.3 Å². The second kappa shape index (κ2) is 6.58. The third-order valence-corrected chi connectivity index (χ3v) is 3.74. The smallest absolute Gasteiger partial charge is 0.244 e. The molecule has 0 fully saturated rings. The molecular formula is C17H16N4OS. The van der Waals surface area contributed by atoms with E-state index in [1.54, 1.807) is 4.57 Å². The molecule has 5 nitrogen and oxygen atoms in total. The first kappa shape index (κ1) is 15.2. The molecule has 3 aromatic rings. The first-order valence-corrected chi connectivity index (χ1v) is 7.61. The number of amides is 1. The zero-order valence-electron chi connectivity index (χ0n) is 12.6. The van der Waals surface area contributed by atoms with Crippen molar-refractivity contribution in [1.29, 1.82) is 0 Å². The number of nitrogens with one attached hydrogen (secondary N) is 2. The average molecular weight is 324 g/mol. The van der Waals surface area contributed by atoms with Crippen LogP contribution in [0.3, 0.4) is 0 Å². The summed E-state index contributed by atoms with van der Waals surface area (Å²) in [7, 11) is 0. The molecule has 0 aliphatic rings. The Hall–Kier alpha value is -2.73. The minimum absolute atomic E-state index is 0.105. The third-order valence-electron chi connectivity index (χ3n) is 3.43. The summed E-state index contributed by atoms with van der Waals surface area (Å²) in [4.78, 5) is 12.2. The molecular weight excluding hydrogens is 308 g/mol. The van der Waals surface area contributed by atoms with Gasteiger partial charge >= 0.3 is 0 Å². The van der Waals surface area contributed by atoms with E-state index in [0.29, 0.717) is 10.6 Å². The van der Waals surface area contributed by atoms with Crippen molar-refractivity contribution in [2.45, 2.75) is 13.5 Å². The van der Waals surface area contributed by atoms with E-state index in [4.69, 9.17) is 12.2 Å². The van der Waals surface area contributed by atoms with Crippen LogP contribution >= 0.6 is 12.2 Å². The molecule has 0 bridgehead atoms. The Labute approximate surface area is 139 Å². The minimum atomic E-state index is -0.151. The molecule has 0 aliphatic carbocycles. The third kappa shape index (κ3) is 3.54. The van der Waals surface area contributed by atoms with E-state index in [1.807, 2.05) is 61.5 Å². The minimum Gasteiger partial charge on any atom is -0.325 e. The lowest BCUT2D eigenvalue weighted by atomic mass is 10.1. The molecule has 1 amide bonds. The predicted octanol–water partition coefficient (Wildman–Crippen LogP) is 3.55. The second-order valence-corrected chi connectivity index (χ2v) is 5.61. The first-order valence-electron chi connectivity index (χ1n) is 7.20. The average Bonchev–Trinajstić information content (AvgIpc) is 2.90. The number of aryl methyl sites for hydroxylation is 1. The second-order valence-electron chi connectivity index (χ2n) is 5.22. The van der Waals surface area contributed by atoms with Gasteiger partial charge in [-0.05, 0) is 31.3 Å². The van der Waals surface area contributed by atoms with Gasteiger partial charge in [-0.25, -0.2) is 0 Å². The molecule has 0 saturated carbocycles. The molecule has 1 heterocycles. The molecule has 2 aromatic carbocycles. The van der Waals surface area contributed by atoms with E-state index in [9.17, 15) is 4.79 Å². The van der Waals surface area contributed by atoms with E-state index in [1.165, 1.54) is 0 Å². The van der Waals surface area contributed by atoms with E-state index in [2.05, 4.69) is 15.5 Å². The number of rotatable bonds is 4. The monoisotopic (exact) mass is 324 g/mol. The lowest BCUT2D eigenvalue weighted by molar-refractivity contribution is -0.116. The number of hydrogen-bond donors (Lipinski definition) is 2. The van der Waals surface area contributed by atoms with Gasteiger partial charge in [-0.3, -0.25) is 14.5 Å². The normalized spacial score (nSPS) is 10.5. The van der Waals surface area contributed by atoms with Crippen LogP contribution in [0.25, 0.3) is 11.4 Å². The highest BCUT2D eigenvalue weighted by Crippen LogP contribution is 2.18. The van der Waals surface area contributed by atoms with Crippen molar-refractivity contribution in [3.05, 3.63) is 64.9 Å². The van der Waals surface area contributed by atoms with Gasteiger partial charge < -0.3 is 5.32 Å². The zero-order valence-corrected chi connectivity index (χ0v) is 13.4. The van der Waals surface area contributed by atoms with E-state index < -0.39 is 0 Å². The number of hydrogen-bond acceptors (Lipinski definition) is 3. The number of carbonyl (C=O) groups excluding carboxylic acids is 1. The van der Waals surface area contributed by atoms with Gasteiger partial charge in [-0.2, -0.15) is 5.10 Å². The molecule has 0 aliphatic heterocycles. The van der Waals surface area contributed by atoms with Crippen molar-refractivity contribution in [2.75, 3.05) is 5.32 Å². The number of carbonyl (C=O) groups is 1. The predicted molar refractivity (Wildman–Crippen MR) is 92.7 cm³/mol. The standard InChI is InChI=1S/C17H16N4OS/c1-12-7-9-13(10-8-12)16-19-20-17(23)21(16)11-15(22)18-14-5-3-2-4-6-14/h2-10H,11H2,1H3,(H,18,22)(H,20,23). The Morgan fingerprint density at radius 2 is 1.87 bits per heavy atom. The highest BCUT2D eigenvalue weighted by Gasteiger charge is 2.12. The van der Waals surface area contributed by atoms with E-state index in [0.717, 1.165) is 16.8 Å². The van der Waals surface area contributed by atoms with E-state index >= 15 is 0 Å². The fourth-order valence-corrected chi connectivity index (χ4v) is 2.45. The quantitative estimate of drug-likeness (QED) is 0.721. The van der Waals surface area contributed by atoms with Crippen LogP contribution in [0.4, 0.5) is 5.69 Å². The summed E-state index contributed by atoms with van der Waals surface area (Å²) in [5, 5.41) is 9.84. The van der Waals surface area contributed by atoms with Crippen LogP contribution in [0, 0.1) is 11.7 Å². The number of anilines is 1. The molecule has 0 spiro atoms. The molecule has 0 radical (unpaired) electrons.